The third-order valence-electron chi connectivity index (χ3n) is 3.94. The predicted molar refractivity (Wildman–Crippen MR) is 76.1 cm³/mol. The van der Waals surface area contributed by atoms with Gasteiger partial charge in [-0.05, 0) is 26.6 Å². The van der Waals surface area contributed by atoms with Crippen LogP contribution in [0, 0.1) is 0 Å². The number of hydrogen-bond acceptors (Lipinski definition) is 2. The number of nitrogens with zero attached hydrogens (tertiary/aromatic N) is 1. The molecule has 100 valence electrons. The molecule has 3 heteroatoms. The Kier molecular flexibility index (Phi) is 3.33. The van der Waals surface area contributed by atoms with Gasteiger partial charge in [-0.3, -0.25) is 9.69 Å². The second-order valence-corrected chi connectivity index (χ2v) is 5.33. The molecule has 1 N–H and O–H groups in total. The number of hydrogen-bond donors (Lipinski definition) is 1. The van der Waals surface area contributed by atoms with Crippen molar-refractivity contribution in [2.45, 2.75) is 17.9 Å². The Morgan fingerprint density at radius 2 is 1.58 bits per heavy atom. The van der Waals surface area contributed by atoms with E-state index in [-0.39, 0.29) is 5.54 Å². The van der Waals surface area contributed by atoms with E-state index in [1.165, 1.54) is 0 Å². The average Bonchev–Trinajstić information content (AvgIpc) is 2.40. The molecular formula is C16H19NO2. The van der Waals surface area contributed by atoms with Crippen LogP contribution in [-0.2, 0) is 10.2 Å². The Bertz CT molecular complexity index is 515. The van der Waals surface area contributed by atoms with Gasteiger partial charge in [-0.15, -0.1) is 0 Å². The molecule has 19 heavy (non-hydrogen) atoms. The lowest BCUT2D eigenvalue weighted by molar-refractivity contribution is -0.140. The Hall–Kier alpha value is -1.87. The van der Waals surface area contributed by atoms with Crippen molar-refractivity contribution >= 4 is 5.97 Å². The van der Waals surface area contributed by atoms with Gasteiger partial charge in [0.15, 0.2) is 0 Å². The van der Waals surface area contributed by atoms with Crippen LogP contribution in [0.1, 0.15) is 12.5 Å². The highest BCUT2D eigenvalue weighted by atomic mass is 16.4. The first-order valence-corrected chi connectivity index (χ1v) is 6.28. The fraction of sp³-hybridized carbons (Fsp3) is 0.312. The highest BCUT2D eigenvalue weighted by Crippen LogP contribution is 2.34. The van der Waals surface area contributed by atoms with Crippen molar-refractivity contribution in [3.63, 3.8) is 0 Å². The fourth-order valence-electron chi connectivity index (χ4n) is 2.18. The van der Waals surface area contributed by atoms with Crippen molar-refractivity contribution in [1.82, 2.24) is 4.90 Å². The third-order valence-corrected chi connectivity index (χ3v) is 3.94. The van der Waals surface area contributed by atoms with E-state index in [0.29, 0.717) is 0 Å². The summed E-state index contributed by atoms with van der Waals surface area (Å²) in [6.07, 6.45) is 7.47. The molecule has 3 nitrogen and oxygen atoms in total. The first kappa shape index (κ1) is 13.6. The monoisotopic (exact) mass is 257 g/mol. The molecule has 0 aliphatic heterocycles. The number of carboxylic acids is 1. The molecule has 0 spiro atoms. The zero-order valence-corrected chi connectivity index (χ0v) is 11.5. The zero-order chi connectivity index (χ0) is 14.1. The summed E-state index contributed by atoms with van der Waals surface area (Å²) in [6.45, 7) is 2.05. The van der Waals surface area contributed by atoms with E-state index >= 15 is 0 Å². The average molecular weight is 257 g/mol. The molecule has 0 aromatic heterocycles. The van der Waals surface area contributed by atoms with Gasteiger partial charge in [0.25, 0.3) is 0 Å². The normalized spacial score (nSPS) is 29.7. The van der Waals surface area contributed by atoms with E-state index in [4.69, 9.17) is 0 Å². The number of rotatable bonds is 3. The minimum Gasteiger partial charge on any atom is -0.480 e. The van der Waals surface area contributed by atoms with E-state index in [1.54, 1.807) is 12.2 Å². The van der Waals surface area contributed by atoms with Crippen LogP contribution in [0.3, 0.4) is 0 Å². The van der Waals surface area contributed by atoms with Gasteiger partial charge in [-0.2, -0.15) is 0 Å². The summed E-state index contributed by atoms with van der Waals surface area (Å²) in [5.41, 5.74) is -0.527. The van der Waals surface area contributed by atoms with E-state index in [2.05, 4.69) is 11.8 Å². The summed E-state index contributed by atoms with van der Waals surface area (Å²) in [4.78, 5) is 13.8. The topological polar surface area (TPSA) is 40.5 Å². The van der Waals surface area contributed by atoms with Gasteiger partial charge in [0, 0.05) is 0 Å². The lowest BCUT2D eigenvalue weighted by atomic mass is 9.74. The molecule has 0 amide bonds. The summed E-state index contributed by atoms with van der Waals surface area (Å²) in [7, 11) is 3.95. The molecule has 0 saturated carbocycles. The molecule has 0 atom stereocenters. The largest absolute Gasteiger partial charge is 0.480 e. The summed E-state index contributed by atoms with van der Waals surface area (Å²) in [6, 6.07) is 9.31. The third kappa shape index (κ3) is 2.22. The van der Waals surface area contributed by atoms with E-state index in [0.717, 1.165) is 5.56 Å². The van der Waals surface area contributed by atoms with Gasteiger partial charge in [-0.25, -0.2) is 0 Å². The van der Waals surface area contributed by atoms with Crippen molar-refractivity contribution in [3.05, 3.63) is 60.2 Å². The minimum atomic E-state index is -1.06. The first-order chi connectivity index (χ1) is 8.91. The maximum Gasteiger partial charge on any atom is 0.321 e. The van der Waals surface area contributed by atoms with Crippen LogP contribution in [0.15, 0.2) is 54.6 Å². The maximum absolute atomic E-state index is 11.7. The summed E-state index contributed by atoms with van der Waals surface area (Å²) in [5.74, 6) is -0.855. The quantitative estimate of drug-likeness (QED) is 0.846. The maximum atomic E-state index is 11.7. The van der Waals surface area contributed by atoms with E-state index in [9.17, 15) is 9.90 Å². The van der Waals surface area contributed by atoms with Crippen LogP contribution in [0.5, 0.6) is 0 Å². The molecule has 0 bridgehead atoms. The van der Waals surface area contributed by atoms with Gasteiger partial charge >= 0.3 is 5.97 Å². The SMILES string of the molecule is CN(C)C1(C)C=CC(C(=O)O)(c2ccccc2)C=C1. The number of aliphatic carboxylic acids is 1. The van der Waals surface area contributed by atoms with Gasteiger partial charge in [0.05, 0.1) is 5.54 Å². The van der Waals surface area contributed by atoms with Crippen LogP contribution >= 0.6 is 0 Å². The van der Waals surface area contributed by atoms with Crippen LogP contribution in [-0.4, -0.2) is 35.6 Å². The summed E-state index contributed by atoms with van der Waals surface area (Å²) >= 11 is 0. The molecule has 0 heterocycles. The van der Waals surface area contributed by atoms with Gasteiger partial charge in [0.1, 0.15) is 5.41 Å². The highest BCUT2D eigenvalue weighted by Gasteiger charge is 2.39. The molecule has 1 aliphatic rings. The Morgan fingerprint density at radius 3 is 2.00 bits per heavy atom. The molecule has 0 fully saturated rings. The van der Waals surface area contributed by atoms with Crippen LogP contribution in [0.2, 0.25) is 0 Å². The summed E-state index contributed by atoms with van der Waals surface area (Å²) in [5, 5.41) is 9.63. The number of carboxylic acid groups (broad SMARTS) is 1. The molecular weight excluding hydrogens is 238 g/mol. The van der Waals surface area contributed by atoms with Crippen molar-refractivity contribution in [3.8, 4) is 0 Å². The number of carbonyl (C=O) groups is 1. The molecule has 0 saturated heterocycles. The zero-order valence-electron chi connectivity index (χ0n) is 11.5. The minimum absolute atomic E-state index is 0.242. The Balaban J connectivity index is 2.48. The summed E-state index contributed by atoms with van der Waals surface area (Å²) < 4.78 is 0. The Morgan fingerprint density at radius 1 is 1.05 bits per heavy atom. The van der Waals surface area contributed by atoms with Crippen molar-refractivity contribution in [1.29, 1.82) is 0 Å². The van der Waals surface area contributed by atoms with Crippen LogP contribution in [0.25, 0.3) is 0 Å². The lowest BCUT2D eigenvalue weighted by Crippen LogP contribution is -2.43. The van der Waals surface area contributed by atoms with E-state index in [1.807, 2.05) is 56.6 Å². The molecule has 0 radical (unpaired) electrons. The number of likely N-dealkylation sites (N-methyl/N-ethyl adjacent to an activating group) is 1. The van der Waals surface area contributed by atoms with Crippen LogP contribution in [0.4, 0.5) is 0 Å². The van der Waals surface area contributed by atoms with Gasteiger partial charge in [-0.1, -0.05) is 54.6 Å². The van der Waals surface area contributed by atoms with Crippen LogP contribution < -0.4 is 0 Å². The van der Waals surface area contributed by atoms with Crippen molar-refractivity contribution < 1.29 is 9.90 Å². The van der Waals surface area contributed by atoms with Gasteiger partial charge in [0.2, 0.25) is 0 Å². The van der Waals surface area contributed by atoms with Gasteiger partial charge < -0.3 is 5.11 Å². The molecule has 2 rings (SSSR count). The fourth-order valence-corrected chi connectivity index (χ4v) is 2.18. The van der Waals surface area contributed by atoms with E-state index < -0.39 is 11.4 Å². The molecule has 1 aromatic carbocycles. The molecule has 0 unspecified atom stereocenters. The predicted octanol–water partition coefficient (Wildman–Crippen LogP) is 2.46. The van der Waals surface area contributed by atoms with Crippen molar-refractivity contribution in [2.75, 3.05) is 14.1 Å². The second kappa shape index (κ2) is 4.67. The smallest absolute Gasteiger partial charge is 0.321 e. The first-order valence-electron chi connectivity index (χ1n) is 6.28. The second-order valence-electron chi connectivity index (χ2n) is 5.33. The lowest BCUT2D eigenvalue weighted by Gasteiger charge is -2.36. The highest BCUT2D eigenvalue weighted by molar-refractivity contribution is 5.87. The molecule has 1 aromatic rings. The Labute approximate surface area is 113 Å². The number of benzene rings is 1. The van der Waals surface area contributed by atoms with Crippen molar-refractivity contribution in [2.24, 2.45) is 0 Å². The standard InChI is InChI=1S/C16H19NO2/c1-15(17(2)3)9-11-16(12-10-15,14(18)19)13-7-5-4-6-8-13/h4-12H,1-3H3,(H,18,19). The molecule has 1 aliphatic carbocycles.